The number of aliphatic imine (C=N–C) groups is 1. The second kappa shape index (κ2) is 6.98. The fourth-order valence-electron chi connectivity index (χ4n) is 2.13. The number of benzene rings is 1. The molecule has 0 spiro atoms. The summed E-state index contributed by atoms with van der Waals surface area (Å²) in [5.74, 6) is 1.02. The Bertz CT molecular complexity index is 514. The van der Waals surface area contributed by atoms with Crippen LogP contribution in [0.15, 0.2) is 35.3 Å². The van der Waals surface area contributed by atoms with Crippen LogP contribution in [0.1, 0.15) is 27.7 Å². The number of para-hydroxylation sites is 1. The zero-order valence-electron chi connectivity index (χ0n) is 13.1. The van der Waals surface area contributed by atoms with Gasteiger partial charge in [-0.15, -0.1) is 0 Å². The molecule has 1 aliphatic rings. The number of amidine groups is 1. The van der Waals surface area contributed by atoms with Gasteiger partial charge in [-0.25, -0.2) is 4.79 Å². The van der Waals surface area contributed by atoms with Gasteiger partial charge in [-0.3, -0.25) is 14.8 Å². The monoisotopic (exact) mass is 305 g/mol. The van der Waals surface area contributed by atoms with E-state index in [-0.39, 0.29) is 12.1 Å². The van der Waals surface area contributed by atoms with Crippen molar-refractivity contribution in [1.82, 2.24) is 4.90 Å². The van der Waals surface area contributed by atoms with Crippen LogP contribution in [-0.4, -0.2) is 34.6 Å². The molecule has 0 unspecified atom stereocenters. The number of carbonyl (C=O) groups excluding carboxylic acids is 1. The van der Waals surface area contributed by atoms with E-state index in [1.807, 2.05) is 54.0 Å². The summed E-state index contributed by atoms with van der Waals surface area (Å²) < 4.78 is 0. The van der Waals surface area contributed by atoms with Crippen LogP contribution < -0.4 is 4.90 Å². The molecule has 1 aromatic rings. The molecule has 4 nitrogen and oxygen atoms in total. The Hall–Kier alpha value is -1.49. The maximum Gasteiger partial charge on any atom is 0.331 e. The van der Waals surface area contributed by atoms with Crippen molar-refractivity contribution in [2.75, 3.05) is 17.3 Å². The molecule has 1 fully saturated rings. The fraction of sp³-hybridized carbons (Fsp3) is 0.500. The summed E-state index contributed by atoms with van der Waals surface area (Å²) in [4.78, 5) is 21.0. The molecule has 1 heterocycles. The van der Waals surface area contributed by atoms with Crippen LogP contribution >= 0.6 is 11.8 Å². The van der Waals surface area contributed by atoms with Gasteiger partial charge in [0.1, 0.15) is 0 Å². The van der Waals surface area contributed by atoms with E-state index in [1.165, 1.54) is 0 Å². The van der Waals surface area contributed by atoms with Gasteiger partial charge in [0.05, 0.1) is 5.88 Å². The third kappa shape index (κ3) is 4.00. The average Bonchev–Trinajstić information content (AvgIpc) is 2.43. The minimum atomic E-state index is 0.0213. The molecule has 114 valence electrons. The first-order valence-corrected chi connectivity index (χ1v) is 8.32. The highest BCUT2D eigenvalue weighted by Gasteiger charge is 2.32. The molecule has 0 aromatic heterocycles. The lowest BCUT2D eigenvalue weighted by molar-refractivity contribution is 0.224. The van der Waals surface area contributed by atoms with Gasteiger partial charge in [0.25, 0.3) is 0 Å². The minimum Gasteiger partial charge on any atom is -0.284 e. The van der Waals surface area contributed by atoms with Crippen LogP contribution in [0.3, 0.4) is 0 Å². The van der Waals surface area contributed by atoms with Crippen LogP contribution in [0, 0.1) is 5.92 Å². The second-order valence-electron chi connectivity index (χ2n) is 5.83. The molecule has 5 heteroatoms. The lowest BCUT2D eigenvalue weighted by atomic mass is 10.2. The van der Waals surface area contributed by atoms with Crippen molar-refractivity contribution < 1.29 is 4.79 Å². The topological polar surface area (TPSA) is 35.9 Å². The zero-order valence-corrected chi connectivity index (χ0v) is 13.9. The van der Waals surface area contributed by atoms with Gasteiger partial charge < -0.3 is 0 Å². The second-order valence-corrected chi connectivity index (χ2v) is 6.74. The SMILES string of the molecule is CC(C)CN1C(=O)N(c2ccccc2)CSC1=NC(C)C. The summed E-state index contributed by atoms with van der Waals surface area (Å²) in [5, 5.41) is 0.843. The Morgan fingerprint density at radius 1 is 1.19 bits per heavy atom. The third-order valence-electron chi connectivity index (χ3n) is 3.00. The number of amides is 2. The van der Waals surface area contributed by atoms with E-state index in [4.69, 9.17) is 0 Å². The summed E-state index contributed by atoms with van der Waals surface area (Å²) in [7, 11) is 0. The number of hydrogen-bond donors (Lipinski definition) is 0. The molecule has 0 atom stereocenters. The van der Waals surface area contributed by atoms with Gasteiger partial charge in [0.2, 0.25) is 0 Å². The molecule has 1 aromatic carbocycles. The fourth-order valence-corrected chi connectivity index (χ4v) is 3.22. The number of anilines is 1. The molecule has 2 amide bonds. The molecule has 0 radical (unpaired) electrons. The van der Waals surface area contributed by atoms with Crippen LogP contribution in [0.25, 0.3) is 0 Å². The predicted octanol–water partition coefficient (Wildman–Crippen LogP) is 4.04. The van der Waals surface area contributed by atoms with E-state index < -0.39 is 0 Å². The first kappa shape index (κ1) is 15.9. The van der Waals surface area contributed by atoms with Gasteiger partial charge in [0, 0.05) is 18.3 Å². The van der Waals surface area contributed by atoms with Crippen molar-refractivity contribution in [3.05, 3.63) is 30.3 Å². The summed E-state index contributed by atoms with van der Waals surface area (Å²) in [5.41, 5.74) is 0.937. The van der Waals surface area contributed by atoms with E-state index in [0.717, 1.165) is 10.9 Å². The highest BCUT2D eigenvalue weighted by molar-refractivity contribution is 8.14. The van der Waals surface area contributed by atoms with Crippen molar-refractivity contribution in [2.24, 2.45) is 10.9 Å². The number of nitrogens with zero attached hydrogens (tertiary/aromatic N) is 3. The van der Waals surface area contributed by atoms with Crippen LogP contribution in [-0.2, 0) is 0 Å². The molecule has 1 saturated heterocycles. The quantitative estimate of drug-likeness (QED) is 0.841. The Balaban J connectivity index is 2.26. The highest BCUT2D eigenvalue weighted by Crippen LogP contribution is 2.27. The van der Waals surface area contributed by atoms with Crippen molar-refractivity contribution in [3.63, 3.8) is 0 Å². The Labute approximate surface area is 131 Å². The number of urea groups is 1. The first-order valence-electron chi connectivity index (χ1n) is 7.33. The lowest BCUT2D eigenvalue weighted by Gasteiger charge is -2.36. The Kier molecular flexibility index (Phi) is 5.28. The molecule has 0 saturated carbocycles. The van der Waals surface area contributed by atoms with E-state index in [1.54, 1.807) is 11.8 Å². The summed E-state index contributed by atoms with van der Waals surface area (Å²) >= 11 is 1.63. The lowest BCUT2D eigenvalue weighted by Crippen LogP contribution is -2.51. The van der Waals surface area contributed by atoms with Gasteiger partial charge in [-0.2, -0.15) is 0 Å². The van der Waals surface area contributed by atoms with Crippen molar-refractivity contribution >= 4 is 28.6 Å². The number of rotatable bonds is 4. The number of hydrogen-bond acceptors (Lipinski definition) is 3. The van der Waals surface area contributed by atoms with Crippen LogP contribution in [0.4, 0.5) is 10.5 Å². The van der Waals surface area contributed by atoms with E-state index in [9.17, 15) is 4.79 Å². The van der Waals surface area contributed by atoms with Crippen molar-refractivity contribution in [1.29, 1.82) is 0 Å². The van der Waals surface area contributed by atoms with Crippen LogP contribution in [0.5, 0.6) is 0 Å². The van der Waals surface area contributed by atoms with Crippen LogP contribution in [0.2, 0.25) is 0 Å². The molecule has 1 aliphatic heterocycles. The van der Waals surface area contributed by atoms with E-state index in [2.05, 4.69) is 18.8 Å². The summed E-state index contributed by atoms with van der Waals surface area (Å²) in [6.45, 7) is 9.00. The third-order valence-corrected chi connectivity index (χ3v) is 3.97. The van der Waals surface area contributed by atoms with Gasteiger partial charge >= 0.3 is 6.03 Å². The molecular weight excluding hydrogens is 282 g/mol. The van der Waals surface area contributed by atoms with Gasteiger partial charge in [-0.05, 0) is 31.9 Å². The maximum atomic E-state index is 12.8. The maximum absolute atomic E-state index is 12.8. The van der Waals surface area contributed by atoms with Crippen molar-refractivity contribution in [2.45, 2.75) is 33.7 Å². The predicted molar refractivity (Wildman–Crippen MR) is 90.9 cm³/mol. The van der Waals surface area contributed by atoms with E-state index >= 15 is 0 Å². The normalized spacial score (nSPS) is 18.2. The number of carbonyl (C=O) groups is 1. The van der Waals surface area contributed by atoms with Crippen molar-refractivity contribution in [3.8, 4) is 0 Å². The zero-order chi connectivity index (χ0) is 15.4. The Morgan fingerprint density at radius 2 is 1.86 bits per heavy atom. The van der Waals surface area contributed by atoms with Gasteiger partial charge in [0.15, 0.2) is 5.17 Å². The average molecular weight is 305 g/mol. The summed E-state index contributed by atoms with van der Waals surface area (Å²) in [6.07, 6.45) is 0. The smallest absolute Gasteiger partial charge is 0.284 e. The van der Waals surface area contributed by atoms with Gasteiger partial charge in [-0.1, -0.05) is 43.8 Å². The molecule has 2 rings (SSSR count). The molecule has 21 heavy (non-hydrogen) atoms. The standard InChI is InChI=1S/C16H23N3OS/c1-12(2)10-18-15(17-13(3)4)21-11-19(16(18)20)14-8-6-5-7-9-14/h5-9,12-13H,10-11H2,1-4H3. The molecule has 0 bridgehead atoms. The molecular formula is C16H23N3OS. The molecule has 0 N–H and O–H groups in total. The summed E-state index contributed by atoms with van der Waals surface area (Å²) in [6, 6.07) is 10.0. The minimum absolute atomic E-state index is 0.0213. The highest BCUT2D eigenvalue weighted by atomic mass is 32.2. The van der Waals surface area contributed by atoms with E-state index in [0.29, 0.717) is 18.3 Å². The largest absolute Gasteiger partial charge is 0.331 e. The number of thioether (sulfide) groups is 1. The first-order chi connectivity index (χ1) is 9.99. The Morgan fingerprint density at radius 3 is 2.43 bits per heavy atom. The molecule has 0 aliphatic carbocycles.